The number of hydrogen-bond acceptors (Lipinski definition) is 5. The maximum absolute atomic E-state index is 11.7. The third-order valence-corrected chi connectivity index (χ3v) is 5.09. The number of hydrogen-bond donors (Lipinski definition) is 1. The molecule has 6 heteroatoms. The van der Waals surface area contributed by atoms with Gasteiger partial charge in [0.2, 0.25) is 11.0 Å². The summed E-state index contributed by atoms with van der Waals surface area (Å²) in [6.45, 7) is 2.13. The highest BCUT2D eigenvalue weighted by Gasteiger charge is 2.08. The van der Waals surface area contributed by atoms with Crippen LogP contribution in [0.2, 0.25) is 0 Å². The summed E-state index contributed by atoms with van der Waals surface area (Å²) in [4.78, 5) is 11.7. The van der Waals surface area contributed by atoms with Crippen LogP contribution in [-0.4, -0.2) is 21.9 Å². The first-order chi connectivity index (χ1) is 10.8. The second-order valence-corrected chi connectivity index (χ2v) is 7.28. The van der Waals surface area contributed by atoms with Crippen molar-refractivity contribution in [3.05, 3.63) is 35.9 Å². The molecule has 0 aliphatic carbocycles. The Morgan fingerprint density at radius 2 is 2.05 bits per heavy atom. The molecule has 0 fully saturated rings. The van der Waals surface area contributed by atoms with Gasteiger partial charge in [0.15, 0.2) is 4.34 Å². The quantitative estimate of drug-likeness (QED) is 0.419. The number of aryl methyl sites for hydroxylation is 1. The van der Waals surface area contributed by atoms with Gasteiger partial charge in [-0.05, 0) is 18.4 Å². The van der Waals surface area contributed by atoms with E-state index < -0.39 is 0 Å². The van der Waals surface area contributed by atoms with E-state index in [0.29, 0.717) is 11.6 Å². The molecule has 0 saturated carbocycles. The molecule has 1 amide bonds. The SMILES string of the molecule is CCCCCC(=O)Nc1nnc(SCCc2ccccc2)s1. The van der Waals surface area contributed by atoms with E-state index in [1.54, 1.807) is 11.8 Å². The fourth-order valence-corrected chi connectivity index (χ4v) is 3.76. The number of unbranched alkanes of at least 4 members (excludes halogenated alkanes) is 2. The van der Waals surface area contributed by atoms with Crippen molar-refractivity contribution < 1.29 is 4.79 Å². The lowest BCUT2D eigenvalue weighted by Gasteiger charge is -1.99. The summed E-state index contributed by atoms with van der Waals surface area (Å²) in [6, 6.07) is 10.4. The van der Waals surface area contributed by atoms with Gasteiger partial charge < -0.3 is 5.32 Å². The lowest BCUT2D eigenvalue weighted by Crippen LogP contribution is -2.10. The Bertz CT molecular complexity index is 572. The van der Waals surface area contributed by atoms with Crippen LogP contribution in [0.25, 0.3) is 0 Å². The molecule has 0 aliphatic rings. The molecular weight excluding hydrogens is 314 g/mol. The topological polar surface area (TPSA) is 54.9 Å². The van der Waals surface area contributed by atoms with Crippen molar-refractivity contribution in [2.24, 2.45) is 0 Å². The average molecular weight is 335 g/mol. The van der Waals surface area contributed by atoms with Crippen molar-refractivity contribution >= 4 is 34.1 Å². The average Bonchev–Trinajstić information content (AvgIpc) is 2.96. The van der Waals surface area contributed by atoms with Gasteiger partial charge in [-0.2, -0.15) is 0 Å². The zero-order valence-corrected chi connectivity index (χ0v) is 14.4. The molecule has 4 nitrogen and oxygen atoms in total. The minimum atomic E-state index is 0.0328. The smallest absolute Gasteiger partial charge is 0.226 e. The van der Waals surface area contributed by atoms with Crippen molar-refractivity contribution in [3.8, 4) is 0 Å². The second kappa shape index (κ2) is 9.58. The minimum absolute atomic E-state index is 0.0328. The summed E-state index contributed by atoms with van der Waals surface area (Å²) in [5.41, 5.74) is 1.32. The van der Waals surface area contributed by atoms with Crippen LogP contribution >= 0.6 is 23.1 Å². The number of thioether (sulfide) groups is 1. The predicted molar refractivity (Wildman–Crippen MR) is 93.6 cm³/mol. The first kappa shape index (κ1) is 17.0. The number of nitrogens with one attached hydrogen (secondary N) is 1. The van der Waals surface area contributed by atoms with Crippen LogP contribution in [0, 0.1) is 0 Å². The third kappa shape index (κ3) is 6.15. The Morgan fingerprint density at radius 1 is 1.23 bits per heavy atom. The Hall–Kier alpha value is -1.40. The number of nitrogens with zero attached hydrogens (tertiary/aromatic N) is 2. The molecule has 1 aromatic carbocycles. The van der Waals surface area contributed by atoms with E-state index in [1.807, 2.05) is 6.07 Å². The summed E-state index contributed by atoms with van der Waals surface area (Å²) in [5.74, 6) is 0.994. The number of benzene rings is 1. The van der Waals surface area contributed by atoms with E-state index in [2.05, 4.69) is 46.7 Å². The molecule has 1 heterocycles. The third-order valence-electron chi connectivity index (χ3n) is 3.12. The maximum Gasteiger partial charge on any atom is 0.226 e. The van der Waals surface area contributed by atoms with Gasteiger partial charge in [0.05, 0.1) is 0 Å². The number of amides is 1. The Kier molecular flexibility index (Phi) is 7.39. The number of carbonyl (C=O) groups excluding carboxylic acids is 1. The van der Waals surface area contributed by atoms with Crippen molar-refractivity contribution in [2.75, 3.05) is 11.1 Å². The van der Waals surface area contributed by atoms with Crippen LogP contribution in [-0.2, 0) is 11.2 Å². The van der Waals surface area contributed by atoms with E-state index in [0.717, 1.165) is 35.8 Å². The molecule has 1 aromatic heterocycles. The predicted octanol–water partition coefficient (Wildman–Crippen LogP) is 4.39. The van der Waals surface area contributed by atoms with Crippen LogP contribution in [0.15, 0.2) is 34.7 Å². The number of rotatable bonds is 9. The summed E-state index contributed by atoms with van der Waals surface area (Å²) in [5, 5.41) is 11.6. The lowest BCUT2D eigenvalue weighted by atomic mass is 10.2. The van der Waals surface area contributed by atoms with Crippen LogP contribution in [0.5, 0.6) is 0 Å². The molecule has 2 rings (SSSR count). The molecule has 22 heavy (non-hydrogen) atoms. The fourth-order valence-electron chi connectivity index (χ4n) is 1.94. The fraction of sp³-hybridized carbons (Fsp3) is 0.438. The second-order valence-electron chi connectivity index (χ2n) is 4.96. The van der Waals surface area contributed by atoms with Crippen LogP contribution in [0.3, 0.4) is 0 Å². The van der Waals surface area contributed by atoms with Gasteiger partial charge >= 0.3 is 0 Å². The van der Waals surface area contributed by atoms with Crippen molar-refractivity contribution in [3.63, 3.8) is 0 Å². The highest BCUT2D eigenvalue weighted by atomic mass is 32.2. The van der Waals surface area contributed by atoms with Gasteiger partial charge in [0.1, 0.15) is 0 Å². The van der Waals surface area contributed by atoms with Crippen LogP contribution in [0.4, 0.5) is 5.13 Å². The first-order valence-corrected chi connectivity index (χ1v) is 9.38. The maximum atomic E-state index is 11.7. The van der Waals surface area contributed by atoms with Gasteiger partial charge in [-0.15, -0.1) is 10.2 Å². The molecule has 0 aliphatic heterocycles. The van der Waals surface area contributed by atoms with Crippen molar-refractivity contribution in [1.29, 1.82) is 0 Å². The van der Waals surface area contributed by atoms with E-state index in [4.69, 9.17) is 0 Å². The number of carbonyl (C=O) groups is 1. The minimum Gasteiger partial charge on any atom is -0.301 e. The molecule has 1 N–H and O–H groups in total. The standard InChI is InChI=1S/C16H21N3OS2/c1-2-3-5-10-14(20)17-15-18-19-16(22-15)21-12-11-13-8-6-4-7-9-13/h4,6-9H,2-3,5,10-12H2,1H3,(H,17,18,20). The summed E-state index contributed by atoms with van der Waals surface area (Å²) in [6.07, 6.45) is 4.70. The molecule has 0 unspecified atom stereocenters. The van der Waals surface area contributed by atoms with Crippen molar-refractivity contribution in [1.82, 2.24) is 10.2 Å². The van der Waals surface area contributed by atoms with Crippen LogP contribution in [0.1, 0.15) is 38.2 Å². The van der Waals surface area contributed by atoms with E-state index in [9.17, 15) is 4.79 Å². The van der Waals surface area contributed by atoms with E-state index in [1.165, 1.54) is 16.9 Å². The lowest BCUT2D eigenvalue weighted by molar-refractivity contribution is -0.116. The molecule has 0 spiro atoms. The Balaban J connectivity index is 1.71. The number of anilines is 1. The highest BCUT2D eigenvalue weighted by molar-refractivity contribution is 8.01. The van der Waals surface area contributed by atoms with Gasteiger partial charge in [0.25, 0.3) is 0 Å². The largest absolute Gasteiger partial charge is 0.301 e. The monoisotopic (exact) mass is 335 g/mol. The van der Waals surface area contributed by atoms with Gasteiger partial charge in [-0.3, -0.25) is 4.79 Å². The Morgan fingerprint density at radius 3 is 2.82 bits per heavy atom. The first-order valence-electron chi connectivity index (χ1n) is 7.58. The summed E-state index contributed by atoms with van der Waals surface area (Å²) in [7, 11) is 0. The molecule has 0 atom stereocenters. The molecule has 0 radical (unpaired) electrons. The number of aromatic nitrogens is 2. The molecule has 0 saturated heterocycles. The van der Waals surface area contributed by atoms with Crippen molar-refractivity contribution in [2.45, 2.75) is 43.4 Å². The molecule has 118 valence electrons. The summed E-state index contributed by atoms with van der Waals surface area (Å²) >= 11 is 3.12. The summed E-state index contributed by atoms with van der Waals surface area (Å²) < 4.78 is 0.903. The van der Waals surface area contributed by atoms with E-state index >= 15 is 0 Å². The van der Waals surface area contributed by atoms with Gasteiger partial charge in [-0.25, -0.2) is 0 Å². The molecule has 2 aromatic rings. The van der Waals surface area contributed by atoms with Gasteiger partial charge in [-0.1, -0.05) is 73.2 Å². The van der Waals surface area contributed by atoms with Crippen LogP contribution < -0.4 is 5.32 Å². The highest BCUT2D eigenvalue weighted by Crippen LogP contribution is 2.26. The zero-order chi connectivity index (χ0) is 15.6. The molecular formula is C16H21N3OS2. The normalized spacial score (nSPS) is 10.6. The zero-order valence-electron chi connectivity index (χ0n) is 12.7. The molecule has 0 bridgehead atoms. The van der Waals surface area contributed by atoms with E-state index in [-0.39, 0.29) is 5.91 Å². The Labute approximate surface area is 139 Å². The van der Waals surface area contributed by atoms with Gasteiger partial charge in [0, 0.05) is 12.2 Å².